The third kappa shape index (κ3) is 7.59. The van der Waals surface area contributed by atoms with Gasteiger partial charge in [0.1, 0.15) is 0 Å². The molecule has 0 amide bonds. The monoisotopic (exact) mass is 711 g/mol. The summed E-state index contributed by atoms with van der Waals surface area (Å²) in [6, 6.07) is 22.8. The molecule has 0 fully saturated rings. The van der Waals surface area contributed by atoms with Crippen LogP contribution in [-0.2, 0) is 24.9 Å². The Balaban J connectivity index is 0.000000476. The number of rotatable bonds is 5. The first-order valence-electron chi connectivity index (χ1n) is 11.5. The van der Waals surface area contributed by atoms with Gasteiger partial charge in [-0.05, 0) is 13.8 Å². The van der Waals surface area contributed by atoms with E-state index in [9.17, 15) is 4.79 Å². The first kappa shape index (κ1) is 28.9. The van der Waals surface area contributed by atoms with Gasteiger partial charge in [0.15, 0.2) is 5.78 Å². The number of pyridine rings is 1. The second kappa shape index (κ2) is 13.1. The summed E-state index contributed by atoms with van der Waals surface area (Å²) in [4.78, 5) is 14.7. The summed E-state index contributed by atoms with van der Waals surface area (Å²) in [7, 11) is 0. The van der Waals surface area contributed by atoms with Crippen molar-refractivity contribution < 1.29 is 30.0 Å². The summed E-state index contributed by atoms with van der Waals surface area (Å²) in [6.07, 6.45) is 3.20. The van der Waals surface area contributed by atoms with Gasteiger partial charge >= 0.3 is 168 Å². The predicted molar refractivity (Wildman–Crippen MR) is 144 cm³/mol. The Bertz CT molecular complexity index is 1280. The van der Waals surface area contributed by atoms with Gasteiger partial charge < -0.3 is 5.11 Å². The van der Waals surface area contributed by atoms with Crippen LogP contribution in [0.3, 0.4) is 0 Å². The van der Waals surface area contributed by atoms with E-state index in [1.807, 2.05) is 24.4 Å². The predicted octanol–water partition coefficient (Wildman–Crippen LogP) is 7.71. The van der Waals surface area contributed by atoms with Crippen LogP contribution in [0.5, 0.6) is 0 Å². The van der Waals surface area contributed by atoms with Crippen LogP contribution in [0, 0.1) is 6.07 Å². The number of aliphatic hydroxyl groups is 1. The standard InChI is InChI=1S/C25H24NSe.C5H8O2.Ir/c1-16(2)20-11-8-12-21(17(3)4)25(20)24-13-19-15-26-22(14-23(19)27-24)18-9-6-5-7-10-18;1-4(6)3-5(2)7;/h5-9,11-17H,1-4H3;3,6H,1-2H3;/q-1;;/b;4-3-;. The van der Waals surface area contributed by atoms with E-state index < -0.39 is 0 Å². The molecule has 0 spiro atoms. The number of carbonyl (C=O) groups excluding carboxylic acids is 1. The average Bonchev–Trinajstić information content (AvgIpc) is 3.21. The Hall–Kier alpha value is -2.29. The molecule has 0 aliphatic heterocycles. The van der Waals surface area contributed by atoms with Crippen molar-refractivity contribution in [3.63, 3.8) is 0 Å². The largest absolute Gasteiger partial charge is 0 e. The zero-order chi connectivity index (χ0) is 24.8. The normalized spacial score (nSPS) is 11.3. The van der Waals surface area contributed by atoms with E-state index in [-0.39, 0.29) is 31.6 Å². The Morgan fingerprint density at radius 1 is 1.00 bits per heavy atom. The third-order valence-corrected chi connectivity index (χ3v) is 7.76. The molecule has 3 nitrogen and oxygen atoms in total. The van der Waals surface area contributed by atoms with Crippen LogP contribution >= 0.6 is 0 Å². The number of allylic oxidation sites excluding steroid dienone is 2. The van der Waals surface area contributed by atoms with Gasteiger partial charge in [-0.3, -0.25) is 4.79 Å². The van der Waals surface area contributed by atoms with Crippen LogP contribution in [0.1, 0.15) is 64.5 Å². The summed E-state index contributed by atoms with van der Waals surface area (Å²) >= 11 is 0.302. The molecule has 0 unspecified atom stereocenters. The van der Waals surface area contributed by atoms with E-state index in [2.05, 4.69) is 70.2 Å². The number of nitrogens with zero attached hydrogens (tertiary/aromatic N) is 1. The molecule has 185 valence electrons. The number of hydrogen-bond acceptors (Lipinski definition) is 3. The molecule has 2 aromatic heterocycles. The third-order valence-electron chi connectivity index (χ3n) is 5.42. The SMILES string of the molecule is CC(=O)/C=C(/C)O.CC(C)c1cccc(C(C)C)c1-c1cc2cnc(-c3[c-]cccc3)cc2[se]1.[Ir]. The Kier molecular flexibility index (Phi) is 10.9. The molecule has 0 saturated carbocycles. The summed E-state index contributed by atoms with van der Waals surface area (Å²) < 4.78 is 2.91. The number of fused-ring (bicyclic) bond motifs is 1. The van der Waals surface area contributed by atoms with E-state index in [1.165, 1.54) is 50.7 Å². The van der Waals surface area contributed by atoms with E-state index in [1.54, 1.807) is 0 Å². The van der Waals surface area contributed by atoms with Crippen LogP contribution < -0.4 is 0 Å². The maximum Gasteiger partial charge on any atom is 0 e. The van der Waals surface area contributed by atoms with Crippen molar-refractivity contribution in [2.75, 3.05) is 0 Å². The first-order valence-corrected chi connectivity index (χ1v) is 13.3. The van der Waals surface area contributed by atoms with Crippen molar-refractivity contribution in [2.24, 2.45) is 0 Å². The van der Waals surface area contributed by atoms with Crippen molar-refractivity contribution in [3.05, 3.63) is 89.8 Å². The molecule has 1 N–H and O–H groups in total. The van der Waals surface area contributed by atoms with Gasteiger partial charge in [0.05, 0.1) is 5.76 Å². The van der Waals surface area contributed by atoms with Crippen molar-refractivity contribution in [3.8, 4) is 21.3 Å². The molecule has 0 bridgehead atoms. The molecular formula is C30H32IrNO2Se-. The topological polar surface area (TPSA) is 50.2 Å². The molecule has 2 heterocycles. The maximum absolute atomic E-state index is 10.0. The van der Waals surface area contributed by atoms with Crippen LogP contribution in [0.2, 0.25) is 0 Å². The molecule has 35 heavy (non-hydrogen) atoms. The van der Waals surface area contributed by atoms with Gasteiger partial charge in [-0.2, -0.15) is 0 Å². The quantitative estimate of drug-likeness (QED) is 0.100. The molecule has 0 atom stereocenters. The van der Waals surface area contributed by atoms with Gasteiger partial charge in [-0.1, -0.05) is 0 Å². The summed E-state index contributed by atoms with van der Waals surface area (Å²) in [5.41, 5.74) is 6.49. The van der Waals surface area contributed by atoms with Gasteiger partial charge in [-0.15, -0.1) is 0 Å². The zero-order valence-corrected chi connectivity index (χ0v) is 25.2. The molecular weight excluding hydrogens is 678 g/mol. The summed E-state index contributed by atoms with van der Waals surface area (Å²) in [6.45, 7) is 12.0. The molecule has 2 aromatic carbocycles. The van der Waals surface area contributed by atoms with Crippen LogP contribution in [0.4, 0.5) is 0 Å². The zero-order valence-electron chi connectivity index (χ0n) is 21.0. The maximum atomic E-state index is 10.0. The molecule has 0 saturated heterocycles. The minimum absolute atomic E-state index is 0. The van der Waals surface area contributed by atoms with E-state index in [0.717, 1.165) is 11.3 Å². The molecule has 5 heteroatoms. The first-order chi connectivity index (χ1) is 16.2. The number of aliphatic hydroxyl groups excluding tert-OH is 1. The van der Waals surface area contributed by atoms with Gasteiger partial charge in [-0.25, -0.2) is 0 Å². The summed E-state index contributed by atoms with van der Waals surface area (Å²) in [5, 5.41) is 9.64. The van der Waals surface area contributed by atoms with Crippen molar-refractivity contribution in [1.29, 1.82) is 0 Å². The van der Waals surface area contributed by atoms with Crippen molar-refractivity contribution in [2.45, 2.75) is 53.4 Å². The fraction of sp³-hybridized carbons (Fsp3) is 0.267. The van der Waals surface area contributed by atoms with E-state index >= 15 is 0 Å². The van der Waals surface area contributed by atoms with Gasteiger partial charge in [0.2, 0.25) is 0 Å². The molecule has 0 aliphatic carbocycles. The number of carbonyl (C=O) groups is 1. The molecule has 0 aliphatic rings. The number of aromatic nitrogens is 1. The van der Waals surface area contributed by atoms with Crippen LogP contribution in [0.25, 0.3) is 30.9 Å². The average molecular weight is 710 g/mol. The fourth-order valence-corrected chi connectivity index (χ4v) is 6.32. The second-order valence-corrected chi connectivity index (χ2v) is 11.3. The Labute approximate surface area is 228 Å². The minimum Gasteiger partial charge on any atom is 0 e. The smallest absolute Gasteiger partial charge is 0 e. The number of hydrogen-bond donors (Lipinski definition) is 1. The van der Waals surface area contributed by atoms with Crippen LogP contribution in [0.15, 0.2) is 72.6 Å². The summed E-state index contributed by atoms with van der Waals surface area (Å²) in [5.74, 6) is 0.978. The van der Waals surface area contributed by atoms with E-state index in [0.29, 0.717) is 26.3 Å². The molecule has 4 aromatic rings. The Morgan fingerprint density at radius 2 is 1.66 bits per heavy atom. The minimum atomic E-state index is -0.125. The second-order valence-electron chi connectivity index (χ2n) is 9.01. The van der Waals surface area contributed by atoms with Gasteiger partial charge in [0.25, 0.3) is 0 Å². The van der Waals surface area contributed by atoms with Crippen LogP contribution in [-0.4, -0.2) is 30.4 Å². The molecule has 1 radical (unpaired) electrons. The van der Waals surface area contributed by atoms with Crippen molar-refractivity contribution in [1.82, 2.24) is 4.98 Å². The Morgan fingerprint density at radius 3 is 2.14 bits per heavy atom. The van der Waals surface area contributed by atoms with Crippen molar-refractivity contribution >= 4 is 29.9 Å². The van der Waals surface area contributed by atoms with E-state index in [4.69, 9.17) is 10.1 Å². The number of benzene rings is 2. The number of ketones is 1. The van der Waals surface area contributed by atoms with Gasteiger partial charge in [0, 0.05) is 26.2 Å². The fourth-order valence-electron chi connectivity index (χ4n) is 3.89. The molecule has 4 rings (SSSR count).